The minimum atomic E-state index is -5.52. The maximum absolute atomic E-state index is 10.9. The van der Waals surface area contributed by atoms with E-state index in [1.165, 1.54) is 0 Å². The third-order valence-corrected chi connectivity index (χ3v) is 9.33. The van der Waals surface area contributed by atoms with Gasteiger partial charge in [0.25, 0.3) is 0 Å². The van der Waals surface area contributed by atoms with E-state index in [1.54, 1.807) is 17.1 Å². The molecule has 0 aliphatic carbocycles. The Morgan fingerprint density at radius 3 is 1.60 bits per heavy atom. The van der Waals surface area contributed by atoms with E-state index < -0.39 is 39.0 Å². The SMILES string of the molecule is C[As](C)(C)CC(O)(P(=O)([O-])O)P(=O)(O)O. The van der Waals surface area contributed by atoms with Crippen LogP contribution >= 0.6 is 15.2 Å². The Bertz CT molecular complexity index is 301. The van der Waals surface area contributed by atoms with Gasteiger partial charge in [0.2, 0.25) is 0 Å². The van der Waals surface area contributed by atoms with Gasteiger partial charge in [-0.1, -0.05) is 0 Å². The zero-order valence-corrected chi connectivity index (χ0v) is 12.2. The molecule has 0 bridgehead atoms. The summed E-state index contributed by atoms with van der Waals surface area (Å²) in [4.78, 5) is 37.2. The Balaban J connectivity index is 5.46. The summed E-state index contributed by atoms with van der Waals surface area (Å²) in [5.41, 5.74) is 4.94. The summed E-state index contributed by atoms with van der Waals surface area (Å²) in [6, 6.07) is 0. The van der Waals surface area contributed by atoms with Gasteiger partial charge in [0.1, 0.15) is 0 Å². The zero-order valence-electron chi connectivity index (χ0n) is 8.56. The Hall–Kier alpha value is 0.818. The Labute approximate surface area is 90.3 Å². The van der Waals surface area contributed by atoms with E-state index in [9.17, 15) is 19.1 Å². The van der Waals surface area contributed by atoms with Gasteiger partial charge >= 0.3 is 90.0 Å². The second-order valence-corrected chi connectivity index (χ2v) is 18.5. The molecule has 0 aromatic rings. The minimum absolute atomic E-state index is 0.590. The number of rotatable bonds is 4. The Morgan fingerprint density at radius 2 is 1.53 bits per heavy atom. The van der Waals surface area contributed by atoms with Gasteiger partial charge < -0.3 is 0 Å². The van der Waals surface area contributed by atoms with Crippen LogP contribution in [0.25, 0.3) is 0 Å². The molecule has 93 valence electrons. The molecule has 4 N–H and O–H groups in total. The van der Waals surface area contributed by atoms with Crippen molar-refractivity contribution in [3.05, 3.63) is 0 Å². The summed E-state index contributed by atoms with van der Waals surface area (Å²) in [7, 11) is -10.9. The van der Waals surface area contributed by atoms with Crippen LogP contribution < -0.4 is 4.89 Å². The molecule has 0 rings (SSSR count). The van der Waals surface area contributed by atoms with E-state index in [1.807, 2.05) is 0 Å². The first-order chi connectivity index (χ1) is 6.21. The molecule has 7 nitrogen and oxygen atoms in total. The van der Waals surface area contributed by atoms with Crippen LogP contribution in [0.15, 0.2) is 0 Å². The van der Waals surface area contributed by atoms with Gasteiger partial charge in [-0.3, -0.25) is 0 Å². The molecule has 0 saturated carbocycles. The van der Waals surface area contributed by atoms with Gasteiger partial charge in [-0.15, -0.1) is 0 Å². The van der Waals surface area contributed by atoms with Crippen LogP contribution in [0.4, 0.5) is 0 Å². The van der Waals surface area contributed by atoms with Crippen molar-refractivity contribution in [2.45, 2.75) is 27.4 Å². The van der Waals surface area contributed by atoms with Gasteiger partial charge in [0, 0.05) is 0 Å². The van der Waals surface area contributed by atoms with Crippen LogP contribution in [-0.4, -0.2) is 38.4 Å². The van der Waals surface area contributed by atoms with E-state index >= 15 is 0 Å². The van der Waals surface area contributed by atoms with Gasteiger partial charge in [-0.05, 0) is 0 Å². The quantitative estimate of drug-likeness (QED) is 0.411. The van der Waals surface area contributed by atoms with Crippen molar-refractivity contribution in [3.8, 4) is 0 Å². The van der Waals surface area contributed by atoms with Crippen molar-refractivity contribution in [2.24, 2.45) is 0 Å². The van der Waals surface area contributed by atoms with Crippen molar-refractivity contribution >= 4 is 28.7 Å². The molecule has 0 fully saturated rings. The van der Waals surface area contributed by atoms with Crippen LogP contribution in [0.5, 0.6) is 0 Å². The first-order valence-electron chi connectivity index (χ1n) is 3.83. The first kappa shape index (κ1) is 15.8. The Kier molecular flexibility index (Phi) is 4.48. The van der Waals surface area contributed by atoms with Gasteiger partial charge in [0.15, 0.2) is 0 Å². The molecule has 0 spiro atoms. The normalized spacial score (nSPS) is 21.9. The summed E-state index contributed by atoms with van der Waals surface area (Å²) in [6.45, 7) is 0. The molecule has 2 unspecified atom stereocenters. The molecule has 2 atom stereocenters. The number of aliphatic hydroxyl groups is 1. The molecular formula is C5H15AsO7P2-. The zero-order chi connectivity index (χ0) is 12.7. The fourth-order valence-corrected chi connectivity index (χ4v) is 12.0. The number of hydrogen-bond donors (Lipinski definition) is 4. The molecule has 0 amide bonds. The second kappa shape index (κ2) is 4.24. The van der Waals surface area contributed by atoms with E-state index in [2.05, 4.69) is 0 Å². The van der Waals surface area contributed by atoms with Crippen LogP contribution in [0.3, 0.4) is 0 Å². The van der Waals surface area contributed by atoms with Crippen LogP contribution in [0.1, 0.15) is 0 Å². The van der Waals surface area contributed by atoms with Gasteiger partial charge in [-0.2, -0.15) is 0 Å². The third kappa shape index (κ3) is 3.95. The van der Waals surface area contributed by atoms with Gasteiger partial charge in [-0.25, -0.2) is 0 Å². The van der Waals surface area contributed by atoms with E-state index in [0.29, 0.717) is 0 Å². The summed E-state index contributed by atoms with van der Waals surface area (Å²) in [5.74, 6) is 0. The average molecular weight is 324 g/mol. The molecule has 1 radical (unpaired) electrons. The van der Waals surface area contributed by atoms with E-state index in [4.69, 9.17) is 14.7 Å². The van der Waals surface area contributed by atoms with Crippen molar-refractivity contribution in [1.82, 2.24) is 0 Å². The maximum atomic E-state index is 10.9. The fraction of sp³-hybridized carbons (Fsp3) is 1.00. The predicted octanol–water partition coefficient (Wildman–Crippen LogP) is -0.306. The van der Waals surface area contributed by atoms with E-state index in [-0.39, 0.29) is 0 Å². The molecule has 0 saturated heterocycles. The van der Waals surface area contributed by atoms with E-state index in [0.717, 1.165) is 0 Å². The van der Waals surface area contributed by atoms with Crippen molar-refractivity contribution < 1.29 is 33.8 Å². The molecule has 0 heterocycles. The standard InChI is InChI=1S/C5H16AsO7P2/c1-6(2,3)4-5(7,14(8,9)10)15(11,12)13/h7H,4H2,1-3H3,(H2,8,9,10)(H2,11,12,13)/p-1. The average Bonchev–Trinajstić information content (AvgIpc) is 1.77. The summed E-state index contributed by atoms with van der Waals surface area (Å²) in [5, 5.41) is 5.54. The van der Waals surface area contributed by atoms with Crippen molar-refractivity contribution in [3.63, 3.8) is 0 Å². The molecule has 0 aromatic heterocycles. The first-order valence-corrected chi connectivity index (χ1v) is 14.0. The molecule has 0 aliphatic heterocycles. The number of hydrogen-bond acceptors (Lipinski definition) is 4. The van der Waals surface area contributed by atoms with Crippen LogP contribution in [0, 0.1) is 0 Å². The van der Waals surface area contributed by atoms with Crippen LogP contribution in [-0.2, 0) is 9.13 Å². The summed E-state index contributed by atoms with van der Waals surface area (Å²) < 4.78 is 21.8. The topological polar surface area (TPSA) is 138 Å². The molecule has 0 aromatic carbocycles. The molecule has 0 aliphatic rings. The monoisotopic (exact) mass is 324 g/mol. The predicted molar refractivity (Wildman–Crippen MR) is 55.0 cm³/mol. The molecular weight excluding hydrogens is 309 g/mol. The second-order valence-electron chi connectivity index (χ2n) is 4.29. The van der Waals surface area contributed by atoms with Crippen molar-refractivity contribution in [1.29, 1.82) is 0 Å². The van der Waals surface area contributed by atoms with Gasteiger partial charge in [0.05, 0.1) is 0 Å². The molecule has 10 heteroatoms. The summed E-state index contributed by atoms with van der Waals surface area (Å²) >= 11 is -2.62. The molecule has 15 heavy (non-hydrogen) atoms. The summed E-state index contributed by atoms with van der Waals surface area (Å²) in [6.07, 6.45) is 0. The van der Waals surface area contributed by atoms with Crippen molar-refractivity contribution in [2.75, 3.05) is 0 Å². The third-order valence-electron chi connectivity index (χ3n) is 1.61. The fourth-order valence-electron chi connectivity index (χ4n) is 0.982. The van der Waals surface area contributed by atoms with Crippen LogP contribution in [0.2, 0.25) is 22.3 Å². The Morgan fingerprint density at radius 1 is 1.20 bits per heavy atom.